The van der Waals surface area contributed by atoms with E-state index in [1.807, 2.05) is 62.4 Å². The molecule has 0 aromatic heterocycles. The summed E-state index contributed by atoms with van der Waals surface area (Å²) in [6.07, 6.45) is 0.123. The monoisotopic (exact) mass is 410 g/mol. The van der Waals surface area contributed by atoms with Gasteiger partial charge in [0.25, 0.3) is 0 Å². The van der Waals surface area contributed by atoms with E-state index in [1.54, 1.807) is 19.0 Å². The van der Waals surface area contributed by atoms with Gasteiger partial charge in [-0.25, -0.2) is 4.79 Å². The minimum Gasteiger partial charge on any atom is -0.337 e. The van der Waals surface area contributed by atoms with E-state index >= 15 is 0 Å². The lowest BCUT2D eigenvalue weighted by molar-refractivity contribution is -0.133. The van der Waals surface area contributed by atoms with Crippen molar-refractivity contribution in [3.05, 3.63) is 65.2 Å². The first-order valence-electron chi connectivity index (χ1n) is 9.91. The summed E-state index contributed by atoms with van der Waals surface area (Å²) in [5.74, 6) is -0.465. The van der Waals surface area contributed by atoms with Crippen LogP contribution < -0.4 is 10.6 Å². The van der Waals surface area contributed by atoms with Crippen molar-refractivity contribution in [1.82, 2.24) is 15.1 Å². The summed E-state index contributed by atoms with van der Waals surface area (Å²) in [4.78, 5) is 39.7. The number of likely N-dealkylation sites (N-methyl/N-ethyl adjacent to an activating group) is 1. The summed E-state index contributed by atoms with van der Waals surface area (Å²) in [7, 11) is 3.28. The molecule has 2 aromatic rings. The molecular formula is C23H30N4O3. The number of amides is 4. The average molecular weight is 411 g/mol. The van der Waals surface area contributed by atoms with Crippen molar-refractivity contribution < 1.29 is 14.4 Å². The summed E-state index contributed by atoms with van der Waals surface area (Å²) in [6.45, 7) is 4.50. The predicted molar refractivity (Wildman–Crippen MR) is 118 cm³/mol. The van der Waals surface area contributed by atoms with Crippen LogP contribution in [0.2, 0.25) is 0 Å². The molecule has 0 spiro atoms. The number of para-hydroxylation sites is 1. The van der Waals surface area contributed by atoms with Crippen molar-refractivity contribution in [3.63, 3.8) is 0 Å². The summed E-state index contributed by atoms with van der Waals surface area (Å²) >= 11 is 0. The van der Waals surface area contributed by atoms with E-state index in [4.69, 9.17) is 0 Å². The Morgan fingerprint density at radius 3 is 2.13 bits per heavy atom. The van der Waals surface area contributed by atoms with E-state index in [1.165, 1.54) is 4.90 Å². The van der Waals surface area contributed by atoms with Gasteiger partial charge < -0.3 is 20.4 Å². The van der Waals surface area contributed by atoms with Crippen LogP contribution in [0.15, 0.2) is 48.5 Å². The number of hydrogen-bond donors (Lipinski definition) is 2. The molecule has 0 unspecified atom stereocenters. The number of carbonyl (C=O) groups is 3. The van der Waals surface area contributed by atoms with Crippen molar-refractivity contribution in [2.45, 2.75) is 26.8 Å². The second-order valence-electron chi connectivity index (χ2n) is 7.39. The zero-order valence-electron chi connectivity index (χ0n) is 18.1. The van der Waals surface area contributed by atoms with Gasteiger partial charge in [-0.3, -0.25) is 9.59 Å². The van der Waals surface area contributed by atoms with Crippen LogP contribution in [0.4, 0.5) is 10.5 Å². The van der Waals surface area contributed by atoms with E-state index in [-0.39, 0.29) is 37.4 Å². The highest BCUT2D eigenvalue weighted by Gasteiger charge is 2.15. The summed E-state index contributed by atoms with van der Waals surface area (Å²) in [6, 6.07) is 15.2. The Bertz CT molecular complexity index is 863. The van der Waals surface area contributed by atoms with Gasteiger partial charge in [0.15, 0.2) is 0 Å². The Labute approximate surface area is 178 Å². The van der Waals surface area contributed by atoms with Gasteiger partial charge >= 0.3 is 6.03 Å². The minimum absolute atomic E-state index is 0.0472. The average Bonchev–Trinajstić information content (AvgIpc) is 2.71. The Balaban J connectivity index is 1.73. The second-order valence-corrected chi connectivity index (χ2v) is 7.39. The molecule has 7 nitrogen and oxygen atoms in total. The molecule has 30 heavy (non-hydrogen) atoms. The Kier molecular flexibility index (Phi) is 8.41. The van der Waals surface area contributed by atoms with Gasteiger partial charge in [-0.1, -0.05) is 48.5 Å². The Morgan fingerprint density at radius 2 is 1.50 bits per heavy atom. The lowest BCUT2D eigenvalue weighted by atomic mass is 10.1. The molecule has 0 aliphatic carbocycles. The molecule has 0 fully saturated rings. The fourth-order valence-electron chi connectivity index (χ4n) is 3.03. The molecule has 2 N–H and O–H groups in total. The fraction of sp³-hybridized carbons (Fsp3) is 0.348. The minimum atomic E-state index is -0.255. The number of carbonyl (C=O) groups excluding carboxylic acids is 3. The SMILES string of the molecule is Cc1cccc(C)c1NC(=O)CN(C)C(=O)CCNC(=O)N(C)Cc1ccccc1. The Hall–Kier alpha value is -3.35. The third kappa shape index (κ3) is 6.92. The number of hydrogen-bond acceptors (Lipinski definition) is 3. The Morgan fingerprint density at radius 1 is 0.867 bits per heavy atom. The lowest BCUT2D eigenvalue weighted by Gasteiger charge is -2.20. The molecule has 0 heterocycles. The van der Waals surface area contributed by atoms with Crippen LogP contribution in [-0.2, 0) is 16.1 Å². The van der Waals surface area contributed by atoms with Crippen molar-refractivity contribution in [2.75, 3.05) is 32.5 Å². The molecular weight excluding hydrogens is 380 g/mol. The molecule has 2 rings (SSSR count). The van der Waals surface area contributed by atoms with Crippen molar-refractivity contribution >= 4 is 23.5 Å². The number of rotatable bonds is 8. The molecule has 0 saturated carbocycles. The molecule has 0 atom stereocenters. The first kappa shape index (κ1) is 22.9. The second kappa shape index (κ2) is 11.0. The standard InChI is InChI=1S/C23H30N4O3/c1-17-9-8-10-18(2)22(17)25-20(28)16-26(3)21(29)13-14-24-23(30)27(4)15-19-11-6-5-7-12-19/h5-12H,13-16H2,1-4H3,(H,24,30)(H,25,28). The number of urea groups is 1. The third-order valence-electron chi connectivity index (χ3n) is 4.78. The quantitative estimate of drug-likeness (QED) is 0.702. The normalized spacial score (nSPS) is 10.3. The van der Waals surface area contributed by atoms with Gasteiger partial charge in [-0.2, -0.15) is 0 Å². The summed E-state index contributed by atoms with van der Waals surface area (Å²) in [5, 5.41) is 5.60. The zero-order valence-corrected chi connectivity index (χ0v) is 18.1. The van der Waals surface area contributed by atoms with Crippen LogP contribution in [-0.4, -0.2) is 54.8 Å². The highest BCUT2D eigenvalue weighted by molar-refractivity contribution is 5.95. The first-order valence-corrected chi connectivity index (χ1v) is 9.91. The smallest absolute Gasteiger partial charge is 0.317 e. The number of aryl methyl sites for hydroxylation is 2. The van der Waals surface area contributed by atoms with Crippen molar-refractivity contribution in [1.29, 1.82) is 0 Å². The maximum Gasteiger partial charge on any atom is 0.317 e. The molecule has 0 radical (unpaired) electrons. The van der Waals surface area contributed by atoms with Crippen molar-refractivity contribution in [2.24, 2.45) is 0 Å². The number of benzene rings is 2. The van der Waals surface area contributed by atoms with Gasteiger partial charge in [0.2, 0.25) is 11.8 Å². The fourth-order valence-corrected chi connectivity index (χ4v) is 3.03. The van der Waals surface area contributed by atoms with Gasteiger partial charge in [0.05, 0.1) is 6.54 Å². The van der Waals surface area contributed by atoms with Gasteiger partial charge in [-0.05, 0) is 30.5 Å². The largest absolute Gasteiger partial charge is 0.337 e. The highest BCUT2D eigenvalue weighted by Crippen LogP contribution is 2.19. The van der Waals surface area contributed by atoms with E-state index in [0.717, 1.165) is 22.4 Å². The first-order chi connectivity index (χ1) is 14.3. The van der Waals surface area contributed by atoms with Gasteiger partial charge in [0.1, 0.15) is 0 Å². The van der Waals surface area contributed by atoms with E-state index in [9.17, 15) is 14.4 Å². The van der Waals surface area contributed by atoms with Crippen molar-refractivity contribution in [3.8, 4) is 0 Å². The van der Waals surface area contributed by atoms with Gasteiger partial charge in [-0.15, -0.1) is 0 Å². The molecule has 4 amide bonds. The number of nitrogens with one attached hydrogen (secondary N) is 2. The zero-order chi connectivity index (χ0) is 22.1. The molecule has 0 bridgehead atoms. The molecule has 0 aliphatic rings. The van der Waals surface area contributed by atoms with E-state index < -0.39 is 0 Å². The van der Waals surface area contributed by atoms with Crippen LogP contribution in [0, 0.1) is 13.8 Å². The van der Waals surface area contributed by atoms with Gasteiger partial charge in [0, 0.05) is 39.3 Å². The van der Waals surface area contributed by atoms with E-state index in [2.05, 4.69) is 10.6 Å². The van der Waals surface area contributed by atoms with Crippen LogP contribution >= 0.6 is 0 Å². The molecule has 2 aromatic carbocycles. The van der Waals surface area contributed by atoms with Crippen LogP contribution in [0.25, 0.3) is 0 Å². The lowest BCUT2D eigenvalue weighted by Crippen LogP contribution is -2.40. The molecule has 160 valence electrons. The van der Waals surface area contributed by atoms with E-state index in [0.29, 0.717) is 6.54 Å². The molecule has 0 aliphatic heterocycles. The summed E-state index contributed by atoms with van der Waals surface area (Å²) in [5.41, 5.74) is 3.75. The molecule has 0 saturated heterocycles. The predicted octanol–water partition coefficient (Wildman–Crippen LogP) is 2.93. The number of anilines is 1. The maximum atomic E-state index is 12.3. The van der Waals surface area contributed by atoms with Crippen LogP contribution in [0.1, 0.15) is 23.1 Å². The summed E-state index contributed by atoms with van der Waals surface area (Å²) < 4.78 is 0. The third-order valence-corrected chi connectivity index (χ3v) is 4.78. The molecule has 7 heteroatoms. The topological polar surface area (TPSA) is 81.8 Å². The van der Waals surface area contributed by atoms with Crippen LogP contribution in [0.5, 0.6) is 0 Å². The van der Waals surface area contributed by atoms with Crippen LogP contribution in [0.3, 0.4) is 0 Å². The maximum absolute atomic E-state index is 12.3. The number of nitrogens with zero attached hydrogens (tertiary/aromatic N) is 2. The highest BCUT2D eigenvalue weighted by atomic mass is 16.2.